The highest BCUT2D eigenvalue weighted by Crippen LogP contribution is 2.23. The first-order valence-corrected chi connectivity index (χ1v) is 9.42. The third kappa shape index (κ3) is 4.82. The molecule has 0 radical (unpaired) electrons. The Balaban J connectivity index is 1.83. The molecule has 1 amide bonds. The van der Waals surface area contributed by atoms with Crippen molar-refractivity contribution in [2.75, 3.05) is 6.54 Å². The van der Waals surface area contributed by atoms with Gasteiger partial charge in [-0.25, -0.2) is 0 Å². The van der Waals surface area contributed by atoms with Crippen molar-refractivity contribution in [3.05, 3.63) is 86.3 Å². The van der Waals surface area contributed by atoms with Crippen molar-refractivity contribution in [1.29, 1.82) is 0 Å². The van der Waals surface area contributed by atoms with E-state index in [1.165, 1.54) is 4.88 Å². The van der Waals surface area contributed by atoms with E-state index in [2.05, 4.69) is 11.1 Å². The summed E-state index contributed by atoms with van der Waals surface area (Å²) < 4.78 is 0. The lowest BCUT2D eigenvalue weighted by atomic mass is 10.1. The molecule has 1 aromatic carbocycles. The van der Waals surface area contributed by atoms with Crippen LogP contribution in [0, 0.1) is 0 Å². The second-order valence-corrected chi connectivity index (χ2v) is 7.42. The number of amides is 1. The topological polar surface area (TPSA) is 33.2 Å². The number of carbonyl (C=O) groups is 1. The standard InChI is InChI=1S/C19H16Cl2N2OS/c20-15-5-6-18(21)17(11-15)19(24)23(9-7-16-4-2-10-25-16)13-14-3-1-8-22-12-14/h1-6,8,10-12H,7,9,13H2. The average Bonchev–Trinajstić information content (AvgIpc) is 3.14. The molecule has 0 saturated heterocycles. The van der Waals surface area contributed by atoms with Crippen LogP contribution in [-0.4, -0.2) is 22.3 Å². The van der Waals surface area contributed by atoms with Crippen molar-refractivity contribution in [3.63, 3.8) is 0 Å². The van der Waals surface area contributed by atoms with E-state index < -0.39 is 0 Å². The number of nitrogens with zero attached hydrogens (tertiary/aromatic N) is 2. The fourth-order valence-electron chi connectivity index (χ4n) is 2.50. The van der Waals surface area contributed by atoms with Gasteiger partial charge in [-0.3, -0.25) is 9.78 Å². The number of aromatic nitrogens is 1. The van der Waals surface area contributed by atoms with Crippen molar-refractivity contribution in [2.24, 2.45) is 0 Å². The second-order valence-electron chi connectivity index (χ2n) is 5.54. The lowest BCUT2D eigenvalue weighted by Gasteiger charge is -2.23. The molecule has 0 bridgehead atoms. The molecule has 6 heteroatoms. The average molecular weight is 391 g/mol. The highest BCUT2D eigenvalue weighted by molar-refractivity contribution is 7.09. The first-order chi connectivity index (χ1) is 12.1. The van der Waals surface area contributed by atoms with E-state index in [1.54, 1.807) is 46.8 Å². The molecule has 0 aliphatic rings. The zero-order chi connectivity index (χ0) is 17.6. The van der Waals surface area contributed by atoms with Crippen LogP contribution in [0.4, 0.5) is 0 Å². The Labute approximate surface area is 160 Å². The van der Waals surface area contributed by atoms with Crippen LogP contribution in [0.5, 0.6) is 0 Å². The summed E-state index contributed by atoms with van der Waals surface area (Å²) in [5, 5.41) is 2.94. The summed E-state index contributed by atoms with van der Waals surface area (Å²) in [6.45, 7) is 1.07. The summed E-state index contributed by atoms with van der Waals surface area (Å²) in [6.07, 6.45) is 4.28. The van der Waals surface area contributed by atoms with Gasteiger partial charge in [0.05, 0.1) is 10.6 Å². The Morgan fingerprint density at radius 2 is 2.04 bits per heavy atom. The molecule has 0 fully saturated rings. The van der Waals surface area contributed by atoms with Gasteiger partial charge in [0.1, 0.15) is 0 Å². The molecule has 0 unspecified atom stereocenters. The summed E-state index contributed by atoms with van der Waals surface area (Å²) in [4.78, 5) is 20.2. The minimum Gasteiger partial charge on any atom is -0.334 e. The van der Waals surface area contributed by atoms with Gasteiger partial charge in [-0.15, -0.1) is 11.3 Å². The Hall–Kier alpha value is -1.88. The van der Waals surface area contributed by atoms with Gasteiger partial charge in [0, 0.05) is 35.4 Å². The molecule has 0 atom stereocenters. The van der Waals surface area contributed by atoms with E-state index in [-0.39, 0.29) is 5.91 Å². The molecule has 0 saturated carbocycles. The quantitative estimate of drug-likeness (QED) is 0.569. The van der Waals surface area contributed by atoms with Gasteiger partial charge in [0.25, 0.3) is 5.91 Å². The number of pyridine rings is 1. The number of hydrogen-bond acceptors (Lipinski definition) is 3. The predicted octanol–water partition coefficient (Wildman–Crippen LogP) is 5.34. The van der Waals surface area contributed by atoms with Crippen molar-refractivity contribution in [2.45, 2.75) is 13.0 Å². The molecule has 25 heavy (non-hydrogen) atoms. The monoisotopic (exact) mass is 390 g/mol. The van der Waals surface area contributed by atoms with Crippen LogP contribution in [0.1, 0.15) is 20.8 Å². The predicted molar refractivity (Wildman–Crippen MR) is 103 cm³/mol. The zero-order valence-electron chi connectivity index (χ0n) is 13.4. The number of rotatable bonds is 6. The highest BCUT2D eigenvalue weighted by Gasteiger charge is 2.19. The highest BCUT2D eigenvalue weighted by atomic mass is 35.5. The molecule has 0 N–H and O–H groups in total. The summed E-state index contributed by atoms with van der Waals surface area (Å²) in [5.74, 6) is -0.132. The maximum absolute atomic E-state index is 13.0. The summed E-state index contributed by atoms with van der Waals surface area (Å²) >= 11 is 14.0. The van der Waals surface area contributed by atoms with Gasteiger partial charge >= 0.3 is 0 Å². The van der Waals surface area contributed by atoms with Gasteiger partial charge in [-0.1, -0.05) is 35.3 Å². The SMILES string of the molecule is O=C(c1cc(Cl)ccc1Cl)N(CCc1cccs1)Cc1cccnc1. The smallest absolute Gasteiger partial charge is 0.255 e. The van der Waals surface area contributed by atoms with Crippen LogP contribution < -0.4 is 0 Å². The van der Waals surface area contributed by atoms with Crippen LogP contribution in [-0.2, 0) is 13.0 Å². The summed E-state index contributed by atoms with van der Waals surface area (Å²) in [6, 6.07) is 12.9. The van der Waals surface area contributed by atoms with E-state index in [0.29, 0.717) is 28.7 Å². The van der Waals surface area contributed by atoms with Crippen molar-refractivity contribution < 1.29 is 4.79 Å². The normalized spacial score (nSPS) is 10.6. The number of carbonyl (C=O) groups excluding carboxylic acids is 1. The largest absolute Gasteiger partial charge is 0.334 e. The second kappa shape index (κ2) is 8.48. The first-order valence-electron chi connectivity index (χ1n) is 7.79. The minimum absolute atomic E-state index is 0.132. The van der Waals surface area contributed by atoms with Crippen LogP contribution in [0.2, 0.25) is 10.0 Å². The number of benzene rings is 1. The fraction of sp³-hybridized carbons (Fsp3) is 0.158. The van der Waals surface area contributed by atoms with Crippen LogP contribution in [0.25, 0.3) is 0 Å². The molecule has 128 valence electrons. The summed E-state index contributed by atoms with van der Waals surface area (Å²) in [5.41, 5.74) is 1.39. The van der Waals surface area contributed by atoms with Crippen LogP contribution in [0.3, 0.4) is 0 Å². The van der Waals surface area contributed by atoms with Gasteiger partial charge in [0.2, 0.25) is 0 Å². The number of hydrogen-bond donors (Lipinski definition) is 0. The molecule has 3 aromatic rings. The molecular weight excluding hydrogens is 375 g/mol. The summed E-state index contributed by atoms with van der Waals surface area (Å²) in [7, 11) is 0. The maximum Gasteiger partial charge on any atom is 0.255 e. The molecule has 0 aliphatic heterocycles. The molecule has 2 aromatic heterocycles. The van der Waals surface area contributed by atoms with Crippen molar-refractivity contribution in [3.8, 4) is 0 Å². The number of thiophene rings is 1. The Morgan fingerprint density at radius 1 is 1.16 bits per heavy atom. The zero-order valence-corrected chi connectivity index (χ0v) is 15.7. The molecule has 3 rings (SSSR count). The lowest BCUT2D eigenvalue weighted by Crippen LogP contribution is -2.32. The molecule has 0 spiro atoms. The van der Waals surface area contributed by atoms with Gasteiger partial charge in [-0.05, 0) is 47.7 Å². The van der Waals surface area contributed by atoms with E-state index in [1.807, 2.05) is 23.6 Å². The molecular formula is C19H16Cl2N2OS. The Morgan fingerprint density at radius 3 is 2.76 bits per heavy atom. The lowest BCUT2D eigenvalue weighted by molar-refractivity contribution is 0.0745. The van der Waals surface area contributed by atoms with Crippen molar-refractivity contribution >= 4 is 40.4 Å². The minimum atomic E-state index is -0.132. The Kier molecular flexibility index (Phi) is 6.08. The fourth-order valence-corrected chi connectivity index (χ4v) is 3.56. The van der Waals surface area contributed by atoms with Gasteiger partial charge in [0.15, 0.2) is 0 Å². The van der Waals surface area contributed by atoms with Crippen LogP contribution >= 0.6 is 34.5 Å². The van der Waals surface area contributed by atoms with E-state index in [4.69, 9.17) is 23.2 Å². The number of halogens is 2. The Bertz CT molecular complexity index is 838. The van der Waals surface area contributed by atoms with E-state index in [9.17, 15) is 4.79 Å². The van der Waals surface area contributed by atoms with Gasteiger partial charge in [-0.2, -0.15) is 0 Å². The molecule has 2 heterocycles. The van der Waals surface area contributed by atoms with Crippen LogP contribution in [0.15, 0.2) is 60.2 Å². The van der Waals surface area contributed by atoms with Crippen molar-refractivity contribution in [1.82, 2.24) is 9.88 Å². The molecule has 0 aliphatic carbocycles. The third-order valence-electron chi connectivity index (χ3n) is 3.75. The maximum atomic E-state index is 13.0. The van der Waals surface area contributed by atoms with Gasteiger partial charge < -0.3 is 4.90 Å². The first kappa shape index (κ1) is 17.9. The molecule has 3 nitrogen and oxygen atoms in total. The van der Waals surface area contributed by atoms with E-state index in [0.717, 1.165) is 12.0 Å². The third-order valence-corrected chi connectivity index (χ3v) is 5.25. The van der Waals surface area contributed by atoms with E-state index >= 15 is 0 Å².